The lowest BCUT2D eigenvalue weighted by Crippen LogP contribution is -2.04. The number of alkyl halides is 3. The standard InChI is InChI=1S/C15H9F3N2O2/c16-15(17,18)9-2-4-12-10(5-9)11(7-20-12)13-3-1-8(6-19-13)14(21)22/h1-7,20H,(H,21,22). The van der Waals surface area contributed by atoms with Gasteiger partial charge in [0.1, 0.15) is 0 Å². The van der Waals surface area contributed by atoms with Crippen LogP contribution in [0.25, 0.3) is 22.2 Å². The second kappa shape index (κ2) is 4.87. The van der Waals surface area contributed by atoms with E-state index >= 15 is 0 Å². The highest BCUT2D eigenvalue weighted by molar-refractivity contribution is 5.95. The van der Waals surface area contributed by atoms with Crippen LogP contribution < -0.4 is 0 Å². The molecule has 0 aliphatic heterocycles. The predicted molar refractivity (Wildman–Crippen MR) is 73.5 cm³/mol. The molecule has 2 heterocycles. The van der Waals surface area contributed by atoms with Crippen LogP contribution in [-0.2, 0) is 6.18 Å². The van der Waals surface area contributed by atoms with E-state index in [4.69, 9.17) is 5.11 Å². The first-order chi connectivity index (χ1) is 10.4. The molecule has 3 aromatic rings. The number of nitrogens with one attached hydrogen (secondary N) is 1. The van der Waals surface area contributed by atoms with E-state index in [2.05, 4.69) is 9.97 Å². The molecule has 4 nitrogen and oxygen atoms in total. The molecule has 3 rings (SSSR count). The fraction of sp³-hybridized carbons (Fsp3) is 0.0667. The van der Waals surface area contributed by atoms with Crippen LogP contribution in [0.3, 0.4) is 0 Å². The number of benzene rings is 1. The van der Waals surface area contributed by atoms with Crippen molar-refractivity contribution in [3.63, 3.8) is 0 Å². The summed E-state index contributed by atoms with van der Waals surface area (Å²) in [6.45, 7) is 0. The third-order valence-electron chi connectivity index (χ3n) is 3.30. The van der Waals surface area contributed by atoms with Crippen LogP contribution in [0.15, 0.2) is 42.7 Å². The largest absolute Gasteiger partial charge is 0.478 e. The van der Waals surface area contributed by atoms with Crippen molar-refractivity contribution in [2.45, 2.75) is 6.18 Å². The van der Waals surface area contributed by atoms with Crippen molar-refractivity contribution in [1.29, 1.82) is 0 Å². The SMILES string of the molecule is O=C(O)c1ccc(-c2c[nH]c3ccc(C(F)(F)F)cc23)nc1. The van der Waals surface area contributed by atoms with E-state index in [1.165, 1.54) is 24.4 Å². The van der Waals surface area contributed by atoms with Crippen LogP contribution in [0, 0.1) is 0 Å². The fourth-order valence-electron chi connectivity index (χ4n) is 2.19. The molecule has 0 saturated carbocycles. The maximum Gasteiger partial charge on any atom is 0.416 e. The van der Waals surface area contributed by atoms with Crippen molar-refractivity contribution in [1.82, 2.24) is 9.97 Å². The maximum atomic E-state index is 12.8. The van der Waals surface area contributed by atoms with Crippen LogP contribution in [-0.4, -0.2) is 21.0 Å². The number of aromatic carboxylic acids is 1. The summed E-state index contributed by atoms with van der Waals surface area (Å²) < 4.78 is 38.4. The third kappa shape index (κ3) is 2.41. The Morgan fingerprint density at radius 1 is 1.18 bits per heavy atom. The summed E-state index contributed by atoms with van der Waals surface area (Å²) in [6.07, 6.45) is -1.71. The first-order valence-corrected chi connectivity index (χ1v) is 6.24. The third-order valence-corrected chi connectivity index (χ3v) is 3.30. The van der Waals surface area contributed by atoms with Gasteiger partial charge in [0, 0.05) is 28.9 Å². The van der Waals surface area contributed by atoms with Gasteiger partial charge in [-0.2, -0.15) is 13.2 Å². The maximum absolute atomic E-state index is 12.8. The summed E-state index contributed by atoms with van der Waals surface area (Å²) >= 11 is 0. The molecule has 0 fully saturated rings. The van der Waals surface area contributed by atoms with Gasteiger partial charge in [-0.25, -0.2) is 4.79 Å². The molecule has 0 radical (unpaired) electrons. The van der Waals surface area contributed by atoms with E-state index in [1.807, 2.05) is 0 Å². The van der Waals surface area contributed by atoms with Crippen LogP contribution in [0.4, 0.5) is 13.2 Å². The van der Waals surface area contributed by atoms with E-state index in [0.717, 1.165) is 12.1 Å². The van der Waals surface area contributed by atoms with Gasteiger partial charge in [0.05, 0.1) is 16.8 Å². The lowest BCUT2D eigenvalue weighted by atomic mass is 10.1. The second-order valence-corrected chi connectivity index (χ2v) is 4.70. The Balaban J connectivity index is 2.12. The minimum atomic E-state index is -4.43. The molecule has 0 amide bonds. The molecule has 22 heavy (non-hydrogen) atoms. The number of aromatic amines is 1. The van der Waals surface area contributed by atoms with E-state index in [1.54, 1.807) is 6.20 Å². The van der Waals surface area contributed by atoms with E-state index in [9.17, 15) is 18.0 Å². The van der Waals surface area contributed by atoms with Gasteiger partial charge in [-0.05, 0) is 30.3 Å². The number of carboxylic acid groups (broad SMARTS) is 1. The molecule has 0 aliphatic rings. The minimum absolute atomic E-state index is 0.0135. The molecule has 0 spiro atoms. The summed E-state index contributed by atoms with van der Waals surface area (Å²) in [5.41, 5.74) is 0.698. The normalized spacial score (nSPS) is 11.8. The second-order valence-electron chi connectivity index (χ2n) is 4.70. The molecule has 2 N–H and O–H groups in total. The number of H-pyrrole nitrogens is 1. The fourth-order valence-corrected chi connectivity index (χ4v) is 2.19. The van der Waals surface area contributed by atoms with Gasteiger partial charge in [-0.15, -0.1) is 0 Å². The van der Waals surface area contributed by atoms with Gasteiger partial charge < -0.3 is 10.1 Å². The average molecular weight is 306 g/mol. The zero-order valence-electron chi connectivity index (χ0n) is 11.0. The topological polar surface area (TPSA) is 66.0 Å². The Morgan fingerprint density at radius 2 is 1.95 bits per heavy atom. The number of hydrogen-bond donors (Lipinski definition) is 2. The number of rotatable bonds is 2. The highest BCUT2D eigenvalue weighted by Crippen LogP contribution is 2.34. The Labute approximate surface area is 122 Å². The van der Waals surface area contributed by atoms with Crippen LogP contribution >= 0.6 is 0 Å². The lowest BCUT2D eigenvalue weighted by Gasteiger charge is -2.07. The van der Waals surface area contributed by atoms with Crippen molar-refractivity contribution < 1.29 is 23.1 Å². The Kier molecular flexibility index (Phi) is 3.13. The molecule has 2 aromatic heterocycles. The smallest absolute Gasteiger partial charge is 0.416 e. The zero-order chi connectivity index (χ0) is 15.9. The van der Waals surface area contributed by atoms with E-state index < -0.39 is 17.7 Å². The van der Waals surface area contributed by atoms with Crippen molar-refractivity contribution in [3.05, 3.63) is 53.9 Å². The molecule has 0 unspecified atom stereocenters. The minimum Gasteiger partial charge on any atom is -0.478 e. The molecular weight excluding hydrogens is 297 g/mol. The number of carboxylic acids is 1. The average Bonchev–Trinajstić information content (AvgIpc) is 2.89. The van der Waals surface area contributed by atoms with Gasteiger partial charge in [-0.3, -0.25) is 4.98 Å². The van der Waals surface area contributed by atoms with Gasteiger partial charge in [0.2, 0.25) is 0 Å². The van der Waals surface area contributed by atoms with Crippen molar-refractivity contribution in [3.8, 4) is 11.3 Å². The molecule has 0 bridgehead atoms. The number of nitrogens with zero attached hydrogens (tertiary/aromatic N) is 1. The van der Waals surface area contributed by atoms with Crippen molar-refractivity contribution >= 4 is 16.9 Å². The number of halogens is 3. The molecule has 0 aliphatic carbocycles. The van der Waals surface area contributed by atoms with Gasteiger partial charge in [0.15, 0.2) is 0 Å². The summed E-state index contributed by atoms with van der Waals surface area (Å²) in [6, 6.07) is 6.23. The summed E-state index contributed by atoms with van der Waals surface area (Å²) in [5.74, 6) is -1.11. The highest BCUT2D eigenvalue weighted by Gasteiger charge is 2.30. The van der Waals surface area contributed by atoms with Crippen molar-refractivity contribution in [2.75, 3.05) is 0 Å². The van der Waals surface area contributed by atoms with Crippen LogP contribution in [0.1, 0.15) is 15.9 Å². The number of hydrogen-bond acceptors (Lipinski definition) is 2. The quantitative estimate of drug-likeness (QED) is 0.753. The van der Waals surface area contributed by atoms with Gasteiger partial charge >= 0.3 is 12.1 Å². The van der Waals surface area contributed by atoms with Gasteiger partial charge in [0.25, 0.3) is 0 Å². The lowest BCUT2D eigenvalue weighted by molar-refractivity contribution is -0.137. The molecule has 0 saturated heterocycles. The monoisotopic (exact) mass is 306 g/mol. The molecule has 0 atom stereocenters. The zero-order valence-corrected chi connectivity index (χ0v) is 11.0. The van der Waals surface area contributed by atoms with Crippen LogP contribution in [0.2, 0.25) is 0 Å². The Hall–Kier alpha value is -2.83. The first kappa shape index (κ1) is 14.1. The first-order valence-electron chi connectivity index (χ1n) is 6.24. The molecular formula is C15H9F3N2O2. The summed E-state index contributed by atoms with van der Waals surface area (Å²) in [5, 5.41) is 9.21. The van der Waals surface area contributed by atoms with Crippen molar-refractivity contribution in [2.24, 2.45) is 0 Å². The van der Waals surface area contributed by atoms with E-state index in [0.29, 0.717) is 22.2 Å². The number of carbonyl (C=O) groups is 1. The number of pyridine rings is 1. The van der Waals surface area contributed by atoms with Gasteiger partial charge in [-0.1, -0.05) is 0 Å². The number of fused-ring (bicyclic) bond motifs is 1. The summed E-state index contributed by atoms with van der Waals surface area (Å²) in [4.78, 5) is 17.7. The Bertz CT molecular complexity index is 851. The van der Waals surface area contributed by atoms with E-state index in [-0.39, 0.29) is 5.56 Å². The van der Waals surface area contributed by atoms with Crippen LogP contribution in [0.5, 0.6) is 0 Å². The highest BCUT2D eigenvalue weighted by atomic mass is 19.4. The Morgan fingerprint density at radius 3 is 2.55 bits per heavy atom. The molecule has 7 heteroatoms. The molecule has 112 valence electrons. The number of aromatic nitrogens is 2. The summed E-state index contributed by atoms with van der Waals surface area (Å²) in [7, 11) is 0. The predicted octanol–water partition coefficient (Wildman–Crippen LogP) is 3.95. The molecule has 1 aromatic carbocycles.